The molecule has 1 saturated carbocycles. The number of primary sulfonamides is 1. The molecule has 0 unspecified atom stereocenters. The monoisotopic (exact) mass is 407 g/mol. The summed E-state index contributed by atoms with van der Waals surface area (Å²) >= 11 is 6.15. The van der Waals surface area contributed by atoms with Crippen LogP contribution in [0.15, 0.2) is 53.4 Å². The third-order valence-corrected chi connectivity index (χ3v) is 6.15. The van der Waals surface area contributed by atoms with Gasteiger partial charge in [-0.3, -0.25) is 0 Å². The molecule has 8 heteroatoms. The van der Waals surface area contributed by atoms with Crippen LogP contribution in [0, 0.1) is 0 Å². The van der Waals surface area contributed by atoms with E-state index < -0.39 is 16.1 Å². The van der Waals surface area contributed by atoms with Gasteiger partial charge in [0.05, 0.1) is 4.90 Å². The molecule has 27 heavy (non-hydrogen) atoms. The van der Waals surface area contributed by atoms with Gasteiger partial charge in [0.1, 0.15) is 0 Å². The van der Waals surface area contributed by atoms with Crippen molar-refractivity contribution in [1.82, 2.24) is 5.32 Å². The Morgan fingerprint density at radius 2 is 1.81 bits per heavy atom. The van der Waals surface area contributed by atoms with E-state index in [9.17, 15) is 13.2 Å². The fourth-order valence-electron chi connectivity index (χ4n) is 3.61. The summed E-state index contributed by atoms with van der Waals surface area (Å²) < 4.78 is 22.9. The van der Waals surface area contributed by atoms with E-state index in [0.29, 0.717) is 17.3 Å². The molecule has 0 saturated heterocycles. The quantitative estimate of drug-likeness (QED) is 0.705. The number of carbonyl (C=O) groups excluding carboxylic acids is 1. The number of benzene rings is 2. The molecule has 6 nitrogen and oxygen atoms in total. The standard InChI is InChI=1S/C19H22ClN3O3S/c20-15-6-3-5-14(11-15)19(9-1-2-10-19)13-22-18(24)23-16-7-4-8-17(12-16)27(21,25)26/h3-8,11-12H,1-2,9-10,13H2,(H2,21,25,26)(H2,22,23,24). The number of carbonyl (C=O) groups is 1. The second-order valence-corrected chi connectivity index (χ2v) is 8.88. The number of sulfonamides is 1. The summed E-state index contributed by atoms with van der Waals surface area (Å²) in [5.74, 6) is 0. The zero-order valence-electron chi connectivity index (χ0n) is 14.7. The van der Waals surface area contributed by atoms with Crippen LogP contribution >= 0.6 is 11.6 Å². The molecule has 0 heterocycles. The van der Waals surface area contributed by atoms with E-state index in [1.165, 1.54) is 18.2 Å². The minimum Gasteiger partial charge on any atom is -0.337 e. The Bertz CT molecular complexity index is 941. The average Bonchev–Trinajstić information content (AvgIpc) is 3.10. The largest absolute Gasteiger partial charge is 0.337 e. The normalized spacial score (nSPS) is 16.1. The maximum atomic E-state index is 12.3. The highest BCUT2D eigenvalue weighted by Gasteiger charge is 2.36. The fraction of sp³-hybridized carbons (Fsp3) is 0.316. The highest BCUT2D eigenvalue weighted by atomic mass is 35.5. The molecule has 0 spiro atoms. The average molecular weight is 408 g/mol. The van der Waals surface area contributed by atoms with Crippen LogP contribution in [0.1, 0.15) is 31.2 Å². The van der Waals surface area contributed by atoms with Crippen molar-refractivity contribution < 1.29 is 13.2 Å². The van der Waals surface area contributed by atoms with Crippen LogP contribution in [0.3, 0.4) is 0 Å². The van der Waals surface area contributed by atoms with E-state index in [2.05, 4.69) is 10.6 Å². The molecule has 2 aromatic rings. The lowest BCUT2D eigenvalue weighted by atomic mass is 9.79. The molecule has 3 rings (SSSR count). The molecule has 1 fully saturated rings. The topological polar surface area (TPSA) is 101 Å². The van der Waals surface area contributed by atoms with Gasteiger partial charge >= 0.3 is 6.03 Å². The number of hydrogen-bond donors (Lipinski definition) is 3. The number of rotatable bonds is 5. The molecule has 0 atom stereocenters. The van der Waals surface area contributed by atoms with Gasteiger partial charge in [-0.2, -0.15) is 0 Å². The zero-order valence-corrected chi connectivity index (χ0v) is 16.3. The van der Waals surface area contributed by atoms with Gasteiger partial charge in [0, 0.05) is 22.7 Å². The SMILES string of the molecule is NS(=O)(=O)c1cccc(NC(=O)NCC2(c3cccc(Cl)c3)CCCC2)c1. The van der Waals surface area contributed by atoms with Crippen molar-refractivity contribution in [2.75, 3.05) is 11.9 Å². The molecule has 0 radical (unpaired) electrons. The molecule has 0 bridgehead atoms. The predicted octanol–water partition coefficient (Wildman–Crippen LogP) is 3.62. The Kier molecular flexibility index (Phi) is 5.74. The van der Waals surface area contributed by atoms with Crippen molar-refractivity contribution >= 4 is 33.3 Å². The summed E-state index contributed by atoms with van der Waals surface area (Å²) in [6, 6.07) is 13.2. The van der Waals surface area contributed by atoms with Crippen LogP contribution in [-0.4, -0.2) is 21.0 Å². The van der Waals surface area contributed by atoms with Crippen LogP contribution in [0.5, 0.6) is 0 Å². The van der Waals surface area contributed by atoms with Crippen LogP contribution < -0.4 is 15.8 Å². The van der Waals surface area contributed by atoms with E-state index in [4.69, 9.17) is 16.7 Å². The Hall–Kier alpha value is -2.09. The Balaban J connectivity index is 1.69. The highest BCUT2D eigenvalue weighted by Crippen LogP contribution is 2.41. The lowest BCUT2D eigenvalue weighted by molar-refractivity contribution is 0.248. The third-order valence-electron chi connectivity index (χ3n) is 5.01. The minimum absolute atomic E-state index is 0.0495. The fourth-order valence-corrected chi connectivity index (χ4v) is 4.36. The predicted molar refractivity (Wildman–Crippen MR) is 106 cm³/mol. The van der Waals surface area contributed by atoms with E-state index in [0.717, 1.165) is 31.2 Å². The maximum absolute atomic E-state index is 12.3. The van der Waals surface area contributed by atoms with E-state index in [-0.39, 0.29) is 10.3 Å². The van der Waals surface area contributed by atoms with E-state index in [1.807, 2.05) is 24.3 Å². The first-order valence-corrected chi connectivity index (χ1v) is 10.6. The van der Waals surface area contributed by atoms with Crippen molar-refractivity contribution in [2.45, 2.75) is 36.0 Å². The molecule has 1 aliphatic rings. The number of hydrogen-bond acceptors (Lipinski definition) is 3. The summed E-state index contributed by atoms with van der Waals surface area (Å²) in [6.07, 6.45) is 4.17. The van der Waals surface area contributed by atoms with Gasteiger partial charge < -0.3 is 10.6 Å². The van der Waals surface area contributed by atoms with Gasteiger partial charge in [-0.1, -0.05) is 42.6 Å². The molecule has 4 N–H and O–H groups in total. The molecular weight excluding hydrogens is 386 g/mol. The highest BCUT2D eigenvalue weighted by molar-refractivity contribution is 7.89. The number of amides is 2. The number of urea groups is 1. The first-order chi connectivity index (χ1) is 12.8. The Labute approximate surface area is 164 Å². The molecule has 0 aromatic heterocycles. The van der Waals surface area contributed by atoms with Crippen molar-refractivity contribution in [1.29, 1.82) is 0 Å². The first kappa shape index (κ1) is 19.7. The van der Waals surface area contributed by atoms with Gasteiger partial charge in [0.2, 0.25) is 10.0 Å². The summed E-state index contributed by atoms with van der Waals surface area (Å²) in [5, 5.41) is 11.4. The van der Waals surface area contributed by atoms with Crippen molar-refractivity contribution in [3.05, 3.63) is 59.1 Å². The van der Waals surface area contributed by atoms with Crippen LogP contribution in [0.4, 0.5) is 10.5 Å². The molecule has 1 aliphatic carbocycles. The smallest absolute Gasteiger partial charge is 0.319 e. The Morgan fingerprint density at radius 3 is 2.48 bits per heavy atom. The van der Waals surface area contributed by atoms with Gasteiger partial charge in [-0.05, 0) is 48.7 Å². The van der Waals surface area contributed by atoms with Gasteiger partial charge in [0.15, 0.2) is 0 Å². The minimum atomic E-state index is -3.82. The summed E-state index contributed by atoms with van der Waals surface area (Å²) in [4.78, 5) is 12.3. The molecular formula is C19H22ClN3O3S. The van der Waals surface area contributed by atoms with Crippen LogP contribution in [0.25, 0.3) is 0 Å². The summed E-state index contributed by atoms with van der Waals surface area (Å²) in [5.41, 5.74) is 1.36. The summed E-state index contributed by atoms with van der Waals surface area (Å²) in [6.45, 7) is 0.480. The van der Waals surface area contributed by atoms with Gasteiger partial charge in [-0.25, -0.2) is 18.4 Å². The molecule has 2 amide bonds. The number of nitrogens with two attached hydrogens (primary N) is 1. The van der Waals surface area contributed by atoms with Crippen LogP contribution in [0.2, 0.25) is 5.02 Å². The zero-order chi connectivity index (χ0) is 19.5. The van der Waals surface area contributed by atoms with Crippen molar-refractivity contribution in [2.24, 2.45) is 5.14 Å². The van der Waals surface area contributed by atoms with Crippen molar-refractivity contribution in [3.8, 4) is 0 Å². The summed E-state index contributed by atoms with van der Waals surface area (Å²) in [7, 11) is -3.82. The van der Waals surface area contributed by atoms with Crippen molar-refractivity contribution in [3.63, 3.8) is 0 Å². The number of anilines is 1. The van der Waals surface area contributed by atoms with E-state index in [1.54, 1.807) is 6.07 Å². The third kappa shape index (κ3) is 4.80. The number of halogens is 1. The Morgan fingerprint density at radius 1 is 1.11 bits per heavy atom. The number of nitrogens with one attached hydrogen (secondary N) is 2. The van der Waals surface area contributed by atoms with Crippen LogP contribution in [-0.2, 0) is 15.4 Å². The maximum Gasteiger partial charge on any atom is 0.319 e. The molecule has 0 aliphatic heterocycles. The molecule has 2 aromatic carbocycles. The molecule has 144 valence electrons. The van der Waals surface area contributed by atoms with Gasteiger partial charge in [0.25, 0.3) is 0 Å². The lowest BCUT2D eigenvalue weighted by Gasteiger charge is -2.30. The second-order valence-electron chi connectivity index (χ2n) is 6.88. The second kappa shape index (κ2) is 7.88. The van der Waals surface area contributed by atoms with E-state index >= 15 is 0 Å². The lowest BCUT2D eigenvalue weighted by Crippen LogP contribution is -2.40. The first-order valence-electron chi connectivity index (χ1n) is 8.72. The van der Waals surface area contributed by atoms with Gasteiger partial charge in [-0.15, -0.1) is 0 Å².